The van der Waals surface area contributed by atoms with Gasteiger partial charge in [0, 0.05) is 38.1 Å². The Morgan fingerprint density at radius 3 is 2.48 bits per heavy atom. The zero-order chi connectivity index (χ0) is 16.7. The molecule has 0 aromatic rings. The monoisotopic (exact) mass is 344 g/mol. The SMILES string of the molecule is CCCCS(=O)(=O)N1C[C@@H]2CN(C3CCCC3)C[C@]2(C(=O)O)C1. The van der Waals surface area contributed by atoms with Gasteiger partial charge in [0.2, 0.25) is 10.0 Å². The molecule has 3 aliphatic rings. The molecular weight excluding hydrogens is 316 g/mol. The van der Waals surface area contributed by atoms with Crippen LogP contribution in [-0.2, 0) is 14.8 Å². The van der Waals surface area contributed by atoms with Crippen LogP contribution in [0.15, 0.2) is 0 Å². The van der Waals surface area contributed by atoms with Gasteiger partial charge in [0.1, 0.15) is 0 Å². The molecule has 0 unspecified atom stereocenters. The normalized spacial score (nSPS) is 33.3. The third-order valence-corrected chi connectivity index (χ3v) is 7.89. The van der Waals surface area contributed by atoms with Crippen molar-refractivity contribution in [3.63, 3.8) is 0 Å². The first-order chi connectivity index (χ1) is 10.9. The van der Waals surface area contributed by atoms with E-state index < -0.39 is 21.4 Å². The van der Waals surface area contributed by atoms with Gasteiger partial charge in [-0.2, -0.15) is 0 Å². The minimum absolute atomic E-state index is 0.0722. The molecule has 0 radical (unpaired) electrons. The number of sulfonamides is 1. The van der Waals surface area contributed by atoms with Crippen LogP contribution >= 0.6 is 0 Å². The molecule has 2 heterocycles. The Hall–Kier alpha value is -0.660. The molecule has 0 aromatic carbocycles. The number of carboxylic acids is 1. The minimum atomic E-state index is -3.32. The van der Waals surface area contributed by atoms with Crippen molar-refractivity contribution < 1.29 is 18.3 Å². The number of fused-ring (bicyclic) bond motifs is 1. The van der Waals surface area contributed by atoms with E-state index in [0.29, 0.717) is 25.6 Å². The highest BCUT2D eigenvalue weighted by Gasteiger charge is 2.60. The lowest BCUT2D eigenvalue weighted by atomic mass is 9.81. The highest BCUT2D eigenvalue weighted by atomic mass is 32.2. The first-order valence-electron chi connectivity index (χ1n) is 8.84. The van der Waals surface area contributed by atoms with Crippen LogP contribution in [0.1, 0.15) is 45.4 Å². The summed E-state index contributed by atoms with van der Waals surface area (Å²) in [5, 5.41) is 9.85. The molecule has 7 heteroatoms. The van der Waals surface area contributed by atoms with Crippen molar-refractivity contribution in [3.8, 4) is 0 Å². The second-order valence-electron chi connectivity index (χ2n) is 7.49. The number of aliphatic carboxylic acids is 1. The predicted octanol–water partition coefficient (Wildman–Crippen LogP) is 1.38. The summed E-state index contributed by atoms with van der Waals surface area (Å²) in [5.41, 5.74) is -0.901. The number of likely N-dealkylation sites (tertiary alicyclic amines) is 1. The van der Waals surface area contributed by atoms with Gasteiger partial charge >= 0.3 is 5.97 Å². The standard InChI is InChI=1S/C16H28N2O4S/c1-2-3-8-23(21,22)18-10-13-9-17(14-6-4-5-7-14)11-16(13,12-18)15(19)20/h13-14H,2-12H2,1H3,(H,19,20)/t13-,16-/m0/s1. The van der Waals surface area contributed by atoms with Gasteiger partial charge in [-0.05, 0) is 19.3 Å². The summed E-state index contributed by atoms with van der Waals surface area (Å²) in [7, 11) is -3.32. The maximum atomic E-state index is 12.4. The van der Waals surface area contributed by atoms with Crippen LogP contribution in [0.5, 0.6) is 0 Å². The molecular formula is C16H28N2O4S. The van der Waals surface area contributed by atoms with E-state index in [9.17, 15) is 18.3 Å². The molecule has 23 heavy (non-hydrogen) atoms. The van der Waals surface area contributed by atoms with Gasteiger partial charge in [0.05, 0.1) is 11.2 Å². The fourth-order valence-corrected chi connectivity index (χ4v) is 6.32. The number of carbonyl (C=O) groups is 1. The van der Waals surface area contributed by atoms with E-state index in [2.05, 4.69) is 4.90 Å². The molecule has 6 nitrogen and oxygen atoms in total. The Kier molecular flexibility index (Phi) is 4.73. The van der Waals surface area contributed by atoms with E-state index in [4.69, 9.17) is 0 Å². The first-order valence-corrected chi connectivity index (χ1v) is 10.5. The van der Waals surface area contributed by atoms with Crippen LogP contribution in [0.4, 0.5) is 0 Å². The van der Waals surface area contributed by atoms with Gasteiger partial charge in [-0.3, -0.25) is 9.69 Å². The number of hydrogen-bond donors (Lipinski definition) is 1. The van der Waals surface area contributed by atoms with E-state index in [-0.39, 0.29) is 18.2 Å². The van der Waals surface area contributed by atoms with E-state index in [0.717, 1.165) is 25.8 Å². The Labute approximate surface area is 138 Å². The molecule has 1 aliphatic carbocycles. The Balaban J connectivity index is 1.74. The van der Waals surface area contributed by atoms with E-state index in [1.165, 1.54) is 17.1 Å². The zero-order valence-corrected chi connectivity index (χ0v) is 14.7. The van der Waals surface area contributed by atoms with Crippen LogP contribution in [0.3, 0.4) is 0 Å². The number of rotatable bonds is 6. The van der Waals surface area contributed by atoms with Crippen LogP contribution < -0.4 is 0 Å². The molecule has 3 fully saturated rings. The Bertz CT molecular complexity index is 558. The average Bonchev–Trinajstić information content (AvgIpc) is 3.17. The molecule has 0 bridgehead atoms. The van der Waals surface area contributed by atoms with Gasteiger partial charge in [-0.15, -0.1) is 0 Å². The lowest BCUT2D eigenvalue weighted by Gasteiger charge is -2.28. The quantitative estimate of drug-likeness (QED) is 0.787. The number of unbranched alkanes of at least 4 members (excludes halogenated alkanes) is 1. The number of hydrogen-bond acceptors (Lipinski definition) is 4. The largest absolute Gasteiger partial charge is 0.481 e. The van der Waals surface area contributed by atoms with Crippen LogP contribution in [-0.4, -0.2) is 66.7 Å². The summed E-state index contributed by atoms with van der Waals surface area (Å²) >= 11 is 0. The molecule has 0 spiro atoms. The first kappa shape index (κ1) is 17.2. The molecule has 0 aromatic heterocycles. The molecule has 2 saturated heterocycles. The molecule has 1 N–H and O–H groups in total. The summed E-state index contributed by atoms with van der Waals surface area (Å²) in [4.78, 5) is 14.3. The summed E-state index contributed by atoms with van der Waals surface area (Å²) < 4.78 is 26.3. The summed E-state index contributed by atoms with van der Waals surface area (Å²) in [6.45, 7) is 3.74. The van der Waals surface area contributed by atoms with E-state index >= 15 is 0 Å². The smallest absolute Gasteiger partial charge is 0.312 e. The van der Waals surface area contributed by atoms with E-state index in [1.807, 2.05) is 6.92 Å². The molecule has 132 valence electrons. The zero-order valence-electron chi connectivity index (χ0n) is 13.9. The topological polar surface area (TPSA) is 77.9 Å². The third-order valence-electron chi connectivity index (χ3n) is 6.02. The van der Waals surface area contributed by atoms with Gasteiger partial charge in [-0.25, -0.2) is 12.7 Å². The van der Waals surface area contributed by atoms with Crippen molar-refractivity contribution in [2.45, 2.75) is 51.5 Å². The summed E-state index contributed by atoms with van der Waals surface area (Å²) in [5.74, 6) is -0.758. The van der Waals surface area contributed by atoms with Crippen LogP contribution in [0, 0.1) is 11.3 Å². The maximum absolute atomic E-state index is 12.4. The minimum Gasteiger partial charge on any atom is -0.481 e. The molecule has 3 rings (SSSR count). The average molecular weight is 344 g/mol. The number of carboxylic acid groups (broad SMARTS) is 1. The van der Waals surface area contributed by atoms with Crippen molar-refractivity contribution in [3.05, 3.63) is 0 Å². The highest BCUT2D eigenvalue weighted by Crippen LogP contribution is 2.45. The molecule has 2 atom stereocenters. The molecule has 1 saturated carbocycles. The highest BCUT2D eigenvalue weighted by molar-refractivity contribution is 7.89. The van der Waals surface area contributed by atoms with Crippen molar-refractivity contribution in [2.24, 2.45) is 11.3 Å². The maximum Gasteiger partial charge on any atom is 0.312 e. The molecule has 2 aliphatic heterocycles. The second-order valence-corrected chi connectivity index (χ2v) is 9.58. The van der Waals surface area contributed by atoms with Gasteiger partial charge in [0.25, 0.3) is 0 Å². The fraction of sp³-hybridized carbons (Fsp3) is 0.938. The number of nitrogens with zero attached hydrogens (tertiary/aromatic N) is 2. The van der Waals surface area contributed by atoms with Gasteiger partial charge in [0.15, 0.2) is 0 Å². The van der Waals surface area contributed by atoms with E-state index in [1.54, 1.807) is 0 Å². The lowest BCUT2D eigenvalue weighted by Crippen LogP contribution is -2.43. The Morgan fingerprint density at radius 2 is 1.91 bits per heavy atom. The van der Waals surface area contributed by atoms with Crippen LogP contribution in [0.2, 0.25) is 0 Å². The lowest BCUT2D eigenvalue weighted by molar-refractivity contribution is -0.148. The third kappa shape index (κ3) is 3.03. The summed E-state index contributed by atoms with van der Waals surface area (Å²) in [6.07, 6.45) is 6.22. The predicted molar refractivity (Wildman–Crippen MR) is 87.7 cm³/mol. The van der Waals surface area contributed by atoms with Gasteiger partial charge < -0.3 is 5.11 Å². The summed E-state index contributed by atoms with van der Waals surface area (Å²) in [6, 6.07) is 0.502. The van der Waals surface area contributed by atoms with Crippen molar-refractivity contribution in [1.82, 2.24) is 9.21 Å². The van der Waals surface area contributed by atoms with Crippen molar-refractivity contribution >= 4 is 16.0 Å². The van der Waals surface area contributed by atoms with Gasteiger partial charge in [-0.1, -0.05) is 26.2 Å². The van der Waals surface area contributed by atoms with Crippen molar-refractivity contribution in [1.29, 1.82) is 0 Å². The fourth-order valence-electron chi connectivity index (χ4n) is 4.58. The Morgan fingerprint density at radius 1 is 1.22 bits per heavy atom. The molecule has 0 amide bonds. The van der Waals surface area contributed by atoms with Crippen LogP contribution in [0.25, 0.3) is 0 Å². The van der Waals surface area contributed by atoms with Crippen molar-refractivity contribution in [2.75, 3.05) is 31.9 Å². The second kappa shape index (κ2) is 6.33.